The maximum absolute atomic E-state index is 11.3. The van der Waals surface area contributed by atoms with Crippen molar-refractivity contribution >= 4 is 0 Å². The second-order valence-corrected chi connectivity index (χ2v) is 10.2. The van der Waals surface area contributed by atoms with Crippen LogP contribution >= 0.6 is 0 Å². The van der Waals surface area contributed by atoms with Crippen molar-refractivity contribution in [2.24, 2.45) is 34.5 Å². The van der Waals surface area contributed by atoms with Crippen LogP contribution in [0.1, 0.15) is 78.6 Å². The molecule has 0 heterocycles. The molecule has 0 spiro atoms. The van der Waals surface area contributed by atoms with Crippen LogP contribution in [0.5, 0.6) is 0 Å². The summed E-state index contributed by atoms with van der Waals surface area (Å²) in [4.78, 5) is 0. The van der Waals surface area contributed by atoms with Gasteiger partial charge in [0.15, 0.2) is 0 Å². The molecule has 0 aliphatic heterocycles. The zero-order valence-electron chi connectivity index (χ0n) is 15.7. The molecule has 24 heavy (non-hydrogen) atoms. The highest BCUT2D eigenvalue weighted by Crippen LogP contribution is 2.68. The van der Waals surface area contributed by atoms with E-state index in [2.05, 4.69) is 13.8 Å². The van der Waals surface area contributed by atoms with Gasteiger partial charge in [0.25, 0.3) is 0 Å². The van der Waals surface area contributed by atoms with Crippen LogP contribution in [0.4, 0.5) is 0 Å². The van der Waals surface area contributed by atoms with E-state index < -0.39 is 11.7 Å². The molecule has 4 rings (SSSR count). The fourth-order valence-electron chi connectivity index (χ4n) is 7.97. The van der Waals surface area contributed by atoms with Gasteiger partial charge in [-0.3, -0.25) is 0 Å². The molecule has 3 nitrogen and oxygen atoms in total. The Morgan fingerprint density at radius 2 is 1.62 bits per heavy atom. The Labute approximate surface area is 146 Å². The van der Waals surface area contributed by atoms with E-state index in [0.29, 0.717) is 23.2 Å². The first-order valence-corrected chi connectivity index (χ1v) is 10.3. The standard InChI is InChI=1S/C21H36O3/c1-13(22)21(24)11-8-18-16-5-4-14-12-15(23)6-9-19(14,2)17(16)7-10-20(18,21)3/h13-18,22-24H,4-12H2,1-3H3/t13?,14-,15-,16-,17+,18+,19+,20+,21-/m1/s1. The molecule has 0 radical (unpaired) electrons. The van der Waals surface area contributed by atoms with E-state index in [1.807, 2.05) is 0 Å². The van der Waals surface area contributed by atoms with Gasteiger partial charge in [-0.05, 0) is 93.8 Å². The van der Waals surface area contributed by atoms with Gasteiger partial charge in [0.05, 0.1) is 17.8 Å². The number of hydrogen-bond acceptors (Lipinski definition) is 3. The Hall–Kier alpha value is -0.120. The molecule has 3 heteroatoms. The average molecular weight is 337 g/mol. The van der Waals surface area contributed by atoms with Crippen LogP contribution < -0.4 is 0 Å². The van der Waals surface area contributed by atoms with Gasteiger partial charge in [0.2, 0.25) is 0 Å². The van der Waals surface area contributed by atoms with Crippen molar-refractivity contribution in [3.8, 4) is 0 Å². The quantitative estimate of drug-likeness (QED) is 0.687. The van der Waals surface area contributed by atoms with Gasteiger partial charge in [0.1, 0.15) is 0 Å². The molecule has 3 N–H and O–H groups in total. The minimum atomic E-state index is -0.900. The van der Waals surface area contributed by atoms with Crippen molar-refractivity contribution in [3.05, 3.63) is 0 Å². The number of hydrogen-bond donors (Lipinski definition) is 3. The van der Waals surface area contributed by atoms with Crippen LogP contribution in [0, 0.1) is 34.5 Å². The van der Waals surface area contributed by atoms with E-state index in [1.54, 1.807) is 6.92 Å². The van der Waals surface area contributed by atoms with Gasteiger partial charge in [0, 0.05) is 5.41 Å². The minimum Gasteiger partial charge on any atom is -0.393 e. The van der Waals surface area contributed by atoms with Crippen molar-refractivity contribution in [2.75, 3.05) is 0 Å². The predicted molar refractivity (Wildman–Crippen MR) is 94.4 cm³/mol. The summed E-state index contributed by atoms with van der Waals surface area (Å²) >= 11 is 0. The molecule has 0 aromatic heterocycles. The highest BCUT2D eigenvalue weighted by molar-refractivity contribution is 5.15. The number of rotatable bonds is 1. The molecular formula is C21H36O3. The summed E-state index contributed by atoms with van der Waals surface area (Å²) in [6.45, 7) is 6.53. The van der Waals surface area contributed by atoms with Gasteiger partial charge in [-0.25, -0.2) is 0 Å². The lowest BCUT2D eigenvalue weighted by Crippen LogP contribution is -2.59. The van der Waals surface area contributed by atoms with E-state index in [9.17, 15) is 15.3 Å². The molecule has 0 bridgehead atoms. The average Bonchev–Trinajstić information content (AvgIpc) is 2.81. The molecule has 0 amide bonds. The highest BCUT2D eigenvalue weighted by atomic mass is 16.3. The molecule has 0 aromatic rings. The van der Waals surface area contributed by atoms with Crippen LogP contribution in [-0.2, 0) is 0 Å². The summed E-state index contributed by atoms with van der Waals surface area (Å²) in [6, 6.07) is 0. The van der Waals surface area contributed by atoms with E-state index in [4.69, 9.17) is 0 Å². The fraction of sp³-hybridized carbons (Fsp3) is 1.00. The third-order valence-electron chi connectivity index (χ3n) is 9.54. The molecule has 1 unspecified atom stereocenters. The maximum Gasteiger partial charge on any atom is 0.0958 e. The Bertz CT molecular complexity index is 505. The number of aliphatic hydroxyl groups excluding tert-OH is 2. The summed E-state index contributed by atoms with van der Waals surface area (Å²) in [5, 5.41) is 31.7. The lowest BCUT2D eigenvalue weighted by molar-refractivity contribution is -0.186. The molecule has 4 aliphatic rings. The molecule has 4 fully saturated rings. The van der Waals surface area contributed by atoms with Gasteiger partial charge < -0.3 is 15.3 Å². The third-order valence-corrected chi connectivity index (χ3v) is 9.54. The molecule has 0 aromatic carbocycles. The lowest BCUT2D eigenvalue weighted by Gasteiger charge is -2.61. The SMILES string of the molecule is CC(O)[C@]1(O)CC[C@H]2[C@@H]3CC[C@@H]4C[C@H](O)CC[C@]4(C)[C@H]3CC[C@@]21C. The highest BCUT2D eigenvalue weighted by Gasteiger charge is 2.65. The van der Waals surface area contributed by atoms with Gasteiger partial charge >= 0.3 is 0 Å². The molecule has 4 aliphatic carbocycles. The Balaban J connectivity index is 1.63. The van der Waals surface area contributed by atoms with Crippen LogP contribution in [-0.4, -0.2) is 33.1 Å². The van der Waals surface area contributed by atoms with Crippen molar-refractivity contribution in [1.82, 2.24) is 0 Å². The smallest absolute Gasteiger partial charge is 0.0958 e. The summed E-state index contributed by atoms with van der Waals surface area (Å²) in [6.07, 6.45) is 8.99. The summed E-state index contributed by atoms with van der Waals surface area (Å²) in [5.74, 6) is 2.69. The van der Waals surface area contributed by atoms with Crippen LogP contribution in [0.25, 0.3) is 0 Å². The van der Waals surface area contributed by atoms with Gasteiger partial charge in [-0.15, -0.1) is 0 Å². The molecular weight excluding hydrogens is 300 g/mol. The third kappa shape index (κ3) is 2.07. The van der Waals surface area contributed by atoms with E-state index in [0.717, 1.165) is 38.0 Å². The van der Waals surface area contributed by atoms with Gasteiger partial charge in [-0.2, -0.15) is 0 Å². The van der Waals surface area contributed by atoms with Crippen LogP contribution in [0.15, 0.2) is 0 Å². The second-order valence-electron chi connectivity index (χ2n) is 10.2. The first kappa shape index (κ1) is 17.3. The Morgan fingerprint density at radius 3 is 2.33 bits per heavy atom. The first-order valence-electron chi connectivity index (χ1n) is 10.3. The second kappa shape index (κ2) is 5.44. The maximum atomic E-state index is 11.3. The lowest BCUT2D eigenvalue weighted by atomic mass is 9.44. The van der Waals surface area contributed by atoms with Gasteiger partial charge in [-0.1, -0.05) is 13.8 Å². The van der Waals surface area contributed by atoms with Crippen molar-refractivity contribution in [3.63, 3.8) is 0 Å². The molecule has 9 atom stereocenters. The summed E-state index contributed by atoms with van der Waals surface area (Å²) < 4.78 is 0. The normalized spacial score (nSPS) is 58.5. The fourth-order valence-corrected chi connectivity index (χ4v) is 7.97. The predicted octanol–water partition coefficient (Wildman–Crippen LogP) is 3.50. The minimum absolute atomic E-state index is 0.0831. The Kier molecular flexibility index (Phi) is 3.92. The zero-order chi connectivity index (χ0) is 17.3. The largest absolute Gasteiger partial charge is 0.393 e. The van der Waals surface area contributed by atoms with E-state index in [1.165, 1.54) is 25.7 Å². The van der Waals surface area contributed by atoms with E-state index >= 15 is 0 Å². The summed E-state index contributed by atoms with van der Waals surface area (Å²) in [5.41, 5.74) is -0.641. The summed E-state index contributed by atoms with van der Waals surface area (Å²) in [7, 11) is 0. The van der Waals surface area contributed by atoms with Crippen molar-refractivity contribution in [2.45, 2.75) is 96.4 Å². The number of fused-ring (bicyclic) bond motifs is 5. The zero-order valence-corrected chi connectivity index (χ0v) is 15.7. The molecule has 0 saturated heterocycles. The van der Waals surface area contributed by atoms with Crippen molar-refractivity contribution in [1.29, 1.82) is 0 Å². The van der Waals surface area contributed by atoms with Crippen molar-refractivity contribution < 1.29 is 15.3 Å². The van der Waals surface area contributed by atoms with E-state index in [-0.39, 0.29) is 11.5 Å². The Morgan fingerprint density at radius 1 is 0.917 bits per heavy atom. The van der Waals surface area contributed by atoms with Crippen LogP contribution in [0.2, 0.25) is 0 Å². The number of aliphatic hydroxyl groups is 3. The topological polar surface area (TPSA) is 60.7 Å². The molecule has 4 saturated carbocycles. The monoisotopic (exact) mass is 336 g/mol. The first-order chi connectivity index (χ1) is 11.2. The van der Waals surface area contributed by atoms with Crippen LogP contribution in [0.3, 0.4) is 0 Å². The molecule has 138 valence electrons.